The zero-order chi connectivity index (χ0) is 15.0. The molecular formula is C15H12ClN3O2. The first kappa shape index (κ1) is 13.6. The van der Waals surface area contributed by atoms with E-state index in [1.54, 1.807) is 29.1 Å². The van der Waals surface area contributed by atoms with Crippen molar-refractivity contribution in [2.75, 3.05) is 0 Å². The van der Waals surface area contributed by atoms with E-state index in [0.29, 0.717) is 28.3 Å². The summed E-state index contributed by atoms with van der Waals surface area (Å²) in [6, 6.07) is 8.69. The van der Waals surface area contributed by atoms with E-state index in [1.165, 1.54) is 0 Å². The minimum Gasteiger partial charge on any atom is -0.478 e. The minimum atomic E-state index is -0.992. The zero-order valence-electron chi connectivity index (χ0n) is 11.2. The maximum atomic E-state index is 11.5. The van der Waals surface area contributed by atoms with E-state index >= 15 is 0 Å². The Bertz CT molecular complexity index is 825. The molecule has 1 aromatic carbocycles. The van der Waals surface area contributed by atoms with E-state index in [0.717, 1.165) is 5.56 Å². The highest BCUT2D eigenvalue weighted by atomic mass is 35.5. The molecule has 0 aliphatic carbocycles. The SMILES string of the molecule is CCn1ncc2c(C(=O)O)cc(-c3ccc(Cl)cc3)nc21. The molecule has 21 heavy (non-hydrogen) atoms. The van der Waals surface area contributed by atoms with E-state index in [1.807, 2.05) is 19.1 Å². The van der Waals surface area contributed by atoms with Crippen LogP contribution in [0.4, 0.5) is 0 Å². The summed E-state index contributed by atoms with van der Waals surface area (Å²) < 4.78 is 1.68. The van der Waals surface area contributed by atoms with Crippen molar-refractivity contribution in [1.82, 2.24) is 14.8 Å². The first-order valence-electron chi connectivity index (χ1n) is 6.46. The molecule has 0 saturated heterocycles. The van der Waals surface area contributed by atoms with Crippen molar-refractivity contribution >= 4 is 28.6 Å². The lowest BCUT2D eigenvalue weighted by Crippen LogP contribution is -2.02. The Morgan fingerprint density at radius 1 is 1.33 bits per heavy atom. The molecule has 2 aromatic heterocycles. The summed E-state index contributed by atoms with van der Waals surface area (Å²) in [7, 11) is 0. The topological polar surface area (TPSA) is 68.0 Å². The summed E-state index contributed by atoms with van der Waals surface area (Å²) in [5.41, 5.74) is 2.17. The lowest BCUT2D eigenvalue weighted by molar-refractivity contribution is 0.0699. The zero-order valence-corrected chi connectivity index (χ0v) is 12.0. The van der Waals surface area contributed by atoms with Gasteiger partial charge in [0.25, 0.3) is 0 Å². The van der Waals surface area contributed by atoms with E-state index < -0.39 is 5.97 Å². The highest BCUT2D eigenvalue weighted by Crippen LogP contribution is 2.25. The number of hydrogen-bond donors (Lipinski definition) is 1. The summed E-state index contributed by atoms with van der Waals surface area (Å²) in [4.78, 5) is 16.0. The molecule has 0 aliphatic rings. The fourth-order valence-electron chi connectivity index (χ4n) is 2.22. The highest BCUT2D eigenvalue weighted by molar-refractivity contribution is 6.30. The third-order valence-electron chi connectivity index (χ3n) is 3.28. The van der Waals surface area contributed by atoms with Gasteiger partial charge in [-0.15, -0.1) is 0 Å². The van der Waals surface area contributed by atoms with Crippen LogP contribution in [0.1, 0.15) is 17.3 Å². The third-order valence-corrected chi connectivity index (χ3v) is 3.53. The Labute approximate surface area is 125 Å². The van der Waals surface area contributed by atoms with Crippen molar-refractivity contribution in [3.8, 4) is 11.3 Å². The second-order valence-electron chi connectivity index (χ2n) is 4.56. The predicted molar refractivity (Wildman–Crippen MR) is 80.6 cm³/mol. The van der Waals surface area contributed by atoms with Crippen molar-refractivity contribution < 1.29 is 9.90 Å². The molecule has 0 aliphatic heterocycles. The van der Waals surface area contributed by atoms with Crippen molar-refractivity contribution in [3.05, 3.63) is 47.1 Å². The van der Waals surface area contributed by atoms with Gasteiger partial charge in [-0.1, -0.05) is 23.7 Å². The molecule has 0 amide bonds. The molecule has 6 heteroatoms. The number of halogens is 1. The predicted octanol–water partition coefficient (Wildman–Crippen LogP) is 3.47. The van der Waals surface area contributed by atoms with Crippen LogP contribution in [0.2, 0.25) is 5.02 Å². The van der Waals surface area contributed by atoms with Crippen molar-refractivity contribution in [1.29, 1.82) is 0 Å². The quantitative estimate of drug-likeness (QED) is 0.804. The number of carbonyl (C=O) groups is 1. The number of hydrogen-bond acceptors (Lipinski definition) is 3. The molecule has 5 nitrogen and oxygen atoms in total. The summed E-state index contributed by atoms with van der Waals surface area (Å²) in [6.45, 7) is 2.56. The number of carboxylic acid groups (broad SMARTS) is 1. The second-order valence-corrected chi connectivity index (χ2v) is 5.00. The molecule has 0 atom stereocenters. The normalized spacial score (nSPS) is 11.0. The smallest absolute Gasteiger partial charge is 0.336 e. The molecule has 106 valence electrons. The van der Waals surface area contributed by atoms with Gasteiger partial charge in [-0.3, -0.25) is 0 Å². The number of nitrogens with zero attached hydrogens (tertiary/aromatic N) is 3. The van der Waals surface area contributed by atoms with Crippen LogP contribution in [0.5, 0.6) is 0 Å². The molecule has 0 fully saturated rings. The van der Waals surface area contributed by atoms with Gasteiger partial charge in [-0.05, 0) is 25.1 Å². The van der Waals surface area contributed by atoms with Gasteiger partial charge in [0.1, 0.15) is 0 Å². The minimum absolute atomic E-state index is 0.199. The van der Waals surface area contributed by atoms with E-state index in [2.05, 4.69) is 10.1 Å². The second kappa shape index (κ2) is 5.18. The molecule has 3 rings (SSSR count). The molecule has 3 aromatic rings. The average molecular weight is 302 g/mol. The third kappa shape index (κ3) is 2.36. The van der Waals surface area contributed by atoms with Crippen LogP contribution in [0.3, 0.4) is 0 Å². The number of rotatable bonds is 3. The van der Waals surface area contributed by atoms with E-state index in [9.17, 15) is 9.90 Å². The molecular weight excluding hydrogens is 290 g/mol. The molecule has 1 N–H and O–H groups in total. The molecule has 0 spiro atoms. The Balaban J connectivity index is 2.28. The molecule has 0 unspecified atom stereocenters. The Kier molecular flexibility index (Phi) is 3.35. The van der Waals surface area contributed by atoms with Crippen molar-refractivity contribution in [3.63, 3.8) is 0 Å². The maximum Gasteiger partial charge on any atom is 0.336 e. The summed E-state index contributed by atoms with van der Waals surface area (Å²) in [5, 5.41) is 14.7. The lowest BCUT2D eigenvalue weighted by Gasteiger charge is -2.06. The number of aromatic carboxylic acids is 1. The monoisotopic (exact) mass is 301 g/mol. The molecule has 0 bridgehead atoms. The first-order chi connectivity index (χ1) is 10.1. The Morgan fingerprint density at radius 3 is 2.67 bits per heavy atom. The summed E-state index contributed by atoms with van der Waals surface area (Å²) in [5.74, 6) is -0.992. The standard InChI is InChI=1S/C15H12ClN3O2/c1-2-19-14-12(8-17-19)11(15(20)21)7-13(18-14)9-3-5-10(16)6-4-9/h3-8H,2H2,1H3,(H,20,21). The summed E-state index contributed by atoms with van der Waals surface area (Å²) >= 11 is 5.88. The van der Waals surface area contributed by atoms with Crippen molar-refractivity contribution in [2.45, 2.75) is 13.5 Å². The molecule has 0 radical (unpaired) electrons. The number of pyridine rings is 1. The van der Waals surface area contributed by atoms with Crippen LogP contribution in [-0.2, 0) is 6.54 Å². The van der Waals surface area contributed by atoms with Crippen LogP contribution in [-0.4, -0.2) is 25.8 Å². The first-order valence-corrected chi connectivity index (χ1v) is 6.83. The number of aromatic nitrogens is 3. The number of benzene rings is 1. The molecule has 0 saturated carbocycles. The number of carboxylic acids is 1. The highest BCUT2D eigenvalue weighted by Gasteiger charge is 2.16. The van der Waals surface area contributed by atoms with Crippen LogP contribution in [0.15, 0.2) is 36.5 Å². The van der Waals surface area contributed by atoms with Gasteiger partial charge in [0.2, 0.25) is 0 Å². The van der Waals surface area contributed by atoms with E-state index in [-0.39, 0.29) is 5.56 Å². The number of aryl methyl sites for hydroxylation is 1. The average Bonchev–Trinajstić information content (AvgIpc) is 2.89. The van der Waals surface area contributed by atoms with Gasteiger partial charge in [0, 0.05) is 17.1 Å². The van der Waals surface area contributed by atoms with Gasteiger partial charge < -0.3 is 5.11 Å². The van der Waals surface area contributed by atoms with Crippen molar-refractivity contribution in [2.24, 2.45) is 0 Å². The fraction of sp³-hybridized carbons (Fsp3) is 0.133. The van der Waals surface area contributed by atoms with Crippen LogP contribution in [0.25, 0.3) is 22.3 Å². The van der Waals surface area contributed by atoms with Gasteiger partial charge >= 0.3 is 5.97 Å². The Hall–Kier alpha value is -2.40. The van der Waals surface area contributed by atoms with Crippen LogP contribution >= 0.6 is 11.6 Å². The van der Waals surface area contributed by atoms with Crippen LogP contribution in [0, 0.1) is 0 Å². The van der Waals surface area contributed by atoms with Gasteiger partial charge in [0.05, 0.1) is 22.8 Å². The largest absolute Gasteiger partial charge is 0.478 e. The number of fused-ring (bicyclic) bond motifs is 1. The van der Waals surface area contributed by atoms with Gasteiger partial charge in [-0.2, -0.15) is 5.10 Å². The summed E-state index contributed by atoms with van der Waals surface area (Å²) in [6.07, 6.45) is 1.54. The Morgan fingerprint density at radius 2 is 2.05 bits per heavy atom. The molecule has 2 heterocycles. The van der Waals surface area contributed by atoms with E-state index in [4.69, 9.17) is 11.6 Å². The van der Waals surface area contributed by atoms with Gasteiger partial charge in [0.15, 0.2) is 5.65 Å². The van der Waals surface area contributed by atoms with Gasteiger partial charge in [-0.25, -0.2) is 14.5 Å². The van der Waals surface area contributed by atoms with Crippen LogP contribution < -0.4 is 0 Å². The fourth-order valence-corrected chi connectivity index (χ4v) is 2.35. The maximum absolute atomic E-state index is 11.5. The lowest BCUT2D eigenvalue weighted by atomic mass is 10.1.